The lowest BCUT2D eigenvalue weighted by molar-refractivity contribution is 0.0951. The van der Waals surface area contributed by atoms with Crippen LogP contribution in [0.4, 0.5) is 14.6 Å². The molecule has 1 fully saturated rings. The number of hydrogen-bond acceptors (Lipinski definition) is 6. The van der Waals surface area contributed by atoms with Crippen molar-refractivity contribution < 1.29 is 22.9 Å². The van der Waals surface area contributed by atoms with Crippen molar-refractivity contribution in [2.24, 2.45) is 0 Å². The van der Waals surface area contributed by atoms with Gasteiger partial charge < -0.3 is 19.9 Å². The van der Waals surface area contributed by atoms with E-state index in [-0.39, 0.29) is 12.5 Å². The minimum absolute atomic E-state index is 0.0572. The van der Waals surface area contributed by atoms with E-state index in [9.17, 15) is 13.6 Å². The molecule has 2 aromatic heterocycles. The predicted octanol–water partition coefficient (Wildman–Crippen LogP) is 4.00. The van der Waals surface area contributed by atoms with E-state index >= 15 is 0 Å². The van der Waals surface area contributed by atoms with Crippen molar-refractivity contribution in [3.8, 4) is 0 Å². The van der Waals surface area contributed by atoms with Crippen molar-refractivity contribution in [2.45, 2.75) is 32.5 Å². The number of rotatable bonds is 7. The Hall–Kier alpha value is -3.24. The van der Waals surface area contributed by atoms with Crippen molar-refractivity contribution in [2.75, 3.05) is 5.32 Å². The lowest BCUT2D eigenvalue weighted by Gasteiger charge is -2.15. The molecule has 4 rings (SSSR count). The monoisotopic (exact) mass is 469 g/mol. The van der Waals surface area contributed by atoms with Crippen molar-refractivity contribution in [1.82, 2.24) is 10.3 Å². The van der Waals surface area contributed by atoms with Gasteiger partial charge in [-0.15, -0.1) is 11.3 Å². The molecule has 1 aliphatic heterocycles. The molecule has 0 spiro atoms. The number of benzene rings is 1. The lowest BCUT2D eigenvalue weighted by Crippen LogP contribution is -2.32. The SMILES string of the molecule is C=C1OB(c2ccc(CNc3ncccc3C(=O)NCc3ccc(F)c(F)c3)s2)OC1(C)C. The van der Waals surface area contributed by atoms with Crippen LogP contribution in [-0.4, -0.2) is 23.6 Å². The van der Waals surface area contributed by atoms with Gasteiger partial charge in [0.05, 0.1) is 22.6 Å². The van der Waals surface area contributed by atoms with Gasteiger partial charge in [0, 0.05) is 17.6 Å². The van der Waals surface area contributed by atoms with Crippen LogP contribution >= 0.6 is 11.3 Å². The molecule has 0 unspecified atom stereocenters. The summed E-state index contributed by atoms with van der Waals surface area (Å²) >= 11 is 1.53. The third kappa shape index (κ3) is 5.23. The summed E-state index contributed by atoms with van der Waals surface area (Å²) in [5.74, 6) is -1.26. The Labute approximate surface area is 194 Å². The predicted molar refractivity (Wildman–Crippen MR) is 124 cm³/mol. The summed E-state index contributed by atoms with van der Waals surface area (Å²) in [4.78, 5) is 18.0. The second kappa shape index (κ2) is 9.32. The molecule has 0 radical (unpaired) electrons. The van der Waals surface area contributed by atoms with Gasteiger partial charge >= 0.3 is 7.12 Å². The van der Waals surface area contributed by atoms with Gasteiger partial charge in [0.1, 0.15) is 11.4 Å². The number of nitrogens with one attached hydrogen (secondary N) is 2. The average molecular weight is 469 g/mol. The quantitative estimate of drug-likeness (QED) is 0.512. The molecule has 3 heterocycles. The first kappa shape index (κ1) is 22.9. The molecule has 1 aromatic carbocycles. The Kier molecular flexibility index (Phi) is 6.48. The maximum absolute atomic E-state index is 13.4. The van der Waals surface area contributed by atoms with Crippen LogP contribution in [0.5, 0.6) is 0 Å². The van der Waals surface area contributed by atoms with Crippen LogP contribution in [0.1, 0.15) is 34.6 Å². The third-order valence-corrected chi connectivity index (χ3v) is 6.26. The van der Waals surface area contributed by atoms with E-state index in [1.54, 1.807) is 18.3 Å². The fraction of sp³-hybridized carbons (Fsp3) is 0.217. The molecule has 0 bridgehead atoms. The molecule has 0 aliphatic carbocycles. The fourth-order valence-electron chi connectivity index (χ4n) is 3.19. The molecule has 1 aliphatic rings. The van der Waals surface area contributed by atoms with Crippen LogP contribution in [0.3, 0.4) is 0 Å². The van der Waals surface area contributed by atoms with E-state index in [2.05, 4.69) is 22.2 Å². The van der Waals surface area contributed by atoms with Gasteiger partial charge in [-0.3, -0.25) is 4.79 Å². The molecule has 6 nitrogen and oxygen atoms in total. The fourth-order valence-corrected chi connectivity index (χ4v) is 4.10. The van der Waals surface area contributed by atoms with E-state index in [4.69, 9.17) is 9.31 Å². The number of halogens is 2. The number of anilines is 1. The first-order chi connectivity index (χ1) is 15.7. The van der Waals surface area contributed by atoms with E-state index in [1.807, 2.05) is 26.0 Å². The van der Waals surface area contributed by atoms with Gasteiger partial charge in [0.25, 0.3) is 5.91 Å². The minimum Gasteiger partial charge on any atom is -0.533 e. The van der Waals surface area contributed by atoms with Crippen LogP contribution < -0.4 is 15.4 Å². The molecule has 0 atom stereocenters. The van der Waals surface area contributed by atoms with Crippen molar-refractivity contribution in [3.63, 3.8) is 0 Å². The zero-order valence-electron chi connectivity index (χ0n) is 18.2. The summed E-state index contributed by atoms with van der Waals surface area (Å²) < 4.78 is 39.0. The number of nitrogens with zero attached hydrogens (tertiary/aromatic N) is 1. The molecule has 10 heteroatoms. The molecule has 33 heavy (non-hydrogen) atoms. The average Bonchev–Trinajstić information content (AvgIpc) is 3.37. The standard InChI is InChI=1S/C23H22BF2N3O3S/c1-14-23(2,3)32-24(31-14)20-9-7-16(33-20)13-28-21-17(5-4-10-27-21)22(30)29-12-15-6-8-18(25)19(26)11-15/h4-11H,1,12-13H2,2-3H3,(H,27,28)(H,29,30). The highest BCUT2D eigenvalue weighted by Gasteiger charge is 2.43. The minimum atomic E-state index is -0.956. The zero-order valence-corrected chi connectivity index (χ0v) is 19.0. The second-order valence-electron chi connectivity index (χ2n) is 7.99. The van der Waals surface area contributed by atoms with Crippen molar-refractivity contribution in [3.05, 3.63) is 88.6 Å². The molecule has 0 saturated carbocycles. The van der Waals surface area contributed by atoms with Gasteiger partial charge in [-0.25, -0.2) is 13.8 Å². The first-order valence-corrected chi connectivity index (χ1v) is 11.1. The summed E-state index contributed by atoms with van der Waals surface area (Å²) in [6.45, 7) is 8.22. The Morgan fingerprint density at radius 3 is 2.73 bits per heavy atom. The number of amides is 1. The second-order valence-corrected chi connectivity index (χ2v) is 9.19. The first-order valence-electron chi connectivity index (χ1n) is 10.3. The number of aromatic nitrogens is 1. The maximum Gasteiger partial charge on any atom is 0.574 e. The molecule has 3 aromatic rings. The highest BCUT2D eigenvalue weighted by Crippen LogP contribution is 2.30. The Bertz CT molecular complexity index is 1200. The number of carbonyl (C=O) groups excluding carboxylic acids is 1. The molecule has 2 N–H and O–H groups in total. The molecule has 1 amide bonds. The molecular weight excluding hydrogens is 447 g/mol. The highest BCUT2D eigenvalue weighted by molar-refractivity contribution is 7.22. The van der Waals surface area contributed by atoms with Crippen LogP contribution in [0.2, 0.25) is 0 Å². The van der Waals surface area contributed by atoms with Crippen molar-refractivity contribution in [1.29, 1.82) is 0 Å². The smallest absolute Gasteiger partial charge is 0.533 e. The van der Waals surface area contributed by atoms with Gasteiger partial charge in [-0.05, 0) is 49.7 Å². The lowest BCUT2D eigenvalue weighted by atomic mass is 9.88. The normalized spacial score (nSPS) is 14.8. The van der Waals surface area contributed by atoms with Crippen molar-refractivity contribution >= 4 is 35.0 Å². The Morgan fingerprint density at radius 2 is 2.00 bits per heavy atom. The molecule has 1 saturated heterocycles. The van der Waals surface area contributed by atoms with Crippen LogP contribution in [0.15, 0.2) is 61.0 Å². The molecule has 170 valence electrons. The van der Waals surface area contributed by atoms with E-state index in [0.717, 1.165) is 21.8 Å². The summed E-state index contributed by atoms with van der Waals surface area (Å²) in [7, 11) is -0.487. The summed E-state index contributed by atoms with van der Waals surface area (Å²) in [5, 5.41) is 5.89. The van der Waals surface area contributed by atoms with Gasteiger partial charge in [-0.2, -0.15) is 0 Å². The van der Waals surface area contributed by atoms with Crippen LogP contribution in [-0.2, 0) is 22.4 Å². The summed E-state index contributed by atoms with van der Waals surface area (Å²) in [5.41, 5.74) is 0.259. The zero-order chi connectivity index (χ0) is 23.6. The van der Waals surface area contributed by atoms with Crippen LogP contribution in [0, 0.1) is 11.6 Å². The van der Waals surface area contributed by atoms with Crippen LogP contribution in [0.25, 0.3) is 0 Å². The third-order valence-electron chi connectivity index (χ3n) is 5.16. The van der Waals surface area contributed by atoms with Gasteiger partial charge in [0.15, 0.2) is 11.6 Å². The van der Waals surface area contributed by atoms with E-state index in [0.29, 0.717) is 29.2 Å². The molecular formula is C23H22BF2N3O3S. The van der Waals surface area contributed by atoms with E-state index < -0.39 is 24.4 Å². The number of thiophene rings is 1. The van der Waals surface area contributed by atoms with E-state index in [1.165, 1.54) is 17.4 Å². The largest absolute Gasteiger partial charge is 0.574 e. The number of hydrogen-bond donors (Lipinski definition) is 2. The summed E-state index contributed by atoms with van der Waals surface area (Å²) in [6.07, 6.45) is 1.59. The maximum atomic E-state index is 13.4. The highest BCUT2D eigenvalue weighted by atomic mass is 32.1. The van der Waals surface area contributed by atoms with Gasteiger partial charge in [-0.1, -0.05) is 18.7 Å². The number of pyridine rings is 1. The summed E-state index contributed by atoms with van der Waals surface area (Å²) in [6, 6.07) is 10.7. The van der Waals surface area contributed by atoms with Gasteiger partial charge in [0.2, 0.25) is 0 Å². The topological polar surface area (TPSA) is 72.5 Å². The Balaban J connectivity index is 1.38. The Morgan fingerprint density at radius 1 is 1.18 bits per heavy atom. The number of carbonyl (C=O) groups is 1.